The van der Waals surface area contributed by atoms with Gasteiger partial charge in [0.15, 0.2) is 0 Å². The summed E-state index contributed by atoms with van der Waals surface area (Å²) in [6.45, 7) is 8.49. The predicted molar refractivity (Wildman–Crippen MR) is 105 cm³/mol. The van der Waals surface area contributed by atoms with Crippen molar-refractivity contribution < 1.29 is 14.6 Å². The second-order valence-corrected chi connectivity index (χ2v) is 7.76. The smallest absolute Gasteiger partial charge is 0.228 e. The Balaban J connectivity index is 1.59. The maximum Gasteiger partial charge on any atom is 0.228 e. The SMILES string of the molecule is Cc1cc(OCCc2ccc(C(C)C3(C)CC(O)NC3=O)cc2)cc(C)n1. The first-order chi connectivity index (χ1) is 12.8. The fourth-order valence-electron chi connectivity index (χ4n) is 3.74. The van der Waals surface area contributed by atoms with Gasteiger partial charge in [-0.25, -0.2) is 0 Å². The molecular weight excluding hydrogens is 340 g/mol. The Morgan fingerprint density at radius 1 is 1.26 bits per heavy atom. The maximum atomic E-state index is 12.2. The molecule has 1 aliphatic heterocycles. The van der Waals surface area contributed by atoms with Crippen molar-refractivity contribution in [1.82, 2.24) is 10.3 Å². The van der Waals surface area contributed by atoms with Gasteiger partial charge in [0.2, 0.25) is 5.91 Å². The zero-order chi connectivity index (χ0) is 19.6. The molecule has 2 aromatic rings. The standard InChI is InChI=1S/C22H28N2O3/c1-14-11-19(12-15(2)23-14)27-10-9-17-5-7-18(8-6-17)16(3)22(4)13-20(25)24-21(22)26/h5-8,11-12,16,20,25H,9-10,13H2,1-4H3,(H,24,26). The van der Waals surface area contributed by atoms with Crippen molar-refractivity contribution >= 4 is 5.91 Å². The number of benzene rings is 1. The summed E-state index contributed by atoms with van der Waals surface area (Å²) in [5.41, 5.74) is 3.62. The van der Waals surface area contributed by atoms with E-state index in [1.165, 1.54) is 5.56 Å². The van der Waals surface area contributed by atoms with Crippen molar-refractivity contribution in [3.63, 3.8) is 0 Å². The summed E-state index contributed by atoms with van der Waals surface area (Å²) in [4.78, 5) is 16.6. The average Bonchev–Trinajstić information content (AvgIpc) is 2.87. The molecule has 1 aromatic heterocycles. The summed E-state index contributed by atoms with van der Waals surface area (Å²) in [6.07, 6.45) is 0.501. The van der Waals surface area contributed by atoms with Gasteiger partial charge in [0, 0.05) is 36.4 Å². The lowest BCUT2D eigenvalue weighted by Gasteiger charge is -2.28. The number of hydrogen-bond acceptors (Lipinski definition) is 4. The zero-order valence-corrected chi connectivity index (χ0v) is 16.5. The van der Waals surface area contributed by atoms with Crippen LogP contribution in [0.3, 0.4) is 0 Å². The Kier molecular flexibility index (Phi) is 5.51. The lowest BCUT2D eigenvalue weighted by Crippen LogP contribution is -2.33. The van der Waals surface area contributed by atoms with E-state index in [2.05, 4.69) is 34.6 Å². The van der Waals surface area contributed by atoms with E-state index in [4.69, 9.17) is 4.74 Å². The minimum atomic E-state index is -0.748. The molecule has 144 valence electrons. The van der Waals surface area contributed by atoms with Gasteiger partial charge in [0.25, 0.3) is 0 Å². The van der Waals surface area contributed by atoms with Crippen LogP contribution in [0, 0.1) is 19.3 Å². The summed E-state index contributed by atoms with van der Waals surface area (Å²) in [5, 5.41) is 12.4. The van der Waals surface area contributed by atoms with Gasteiger partial charge in [0.05, 0.1) is 12.0 Å². The Bertz CT molecular complexity index is 799. The van der Waals surface area contributed by atoms with Gasteiger partial charge < -0.3 is 15.2 Å². The summed E-state index contributed by atoms with van der Waals surface area (Å²) < 4.78 is 5.85. The van der Waals surface area contributed by atoms with Crippen LogP contribution in [0.25, 0.3) is 0 Å². The number of hydrogen-bond donors (Lipinski definition) is 2. The third-order valence-corrected chi connectivity index (χ3v) is 5.58. The summed E-state index contributed by atoms with van der Waals surface area (Å²) in [6, 6.07) is 12.2. The number of carbonyl (C=O) groups excluding carboxylic acids is 1. The number of aliphatic hydroxyl groups is 1. The van der Waals surface area contributed by atoms with Gasteiger partial charge in [-0.2, -0.15) is 0 Å². The number of aromatic nitrogens is 1. The normalized spacial score (nSPS) is 23.1. The van der Waals surface area contributed by atoms with Crippen LogP contribution in [0.5, 0.6) is 5.75 Å². The number of aliphatic hydroxyl groups excluding tert-OH is 1. The maximum absolute atomic E-state index is 12.2. The highest BCUT2D eigenvalue weighted by atomic mass is 16.5. The molecule has 3 unspecified atom stereocenters. The number of aryl methyl sites for hydroxylation is 2. The number of pyridine rings is 1. The summed E-state index contributed by atoms with van der Waals surface area (Å²) >= 11 is 0. The molecule has 0 aliphatic carbocycles. The molecule has 1 aromatic carbocycles. The topological polar surface area (TPSA) is 71.5 Å². The van der Waals surface area contributed by atoms with Crippen LogP contribution < -0.4 is 10.1 Å². The molecule has 0 bridgehead atoms. The van der Waals surface area contributed by atoms with Crippen molar-refractivity contribution in [2.45, 2.75) is 52.7 Å². The first kappa shape index (κ1) is 19.4. The molecule has 0 spiro atoms. The third-order valence-electron chi connectivity index (χ3n) is 5.58. The van der Waals surface area contributed by atoms with Crippen LogP contribution in [0.4, 0.5) is 0 Å². The first-order valence-corrected chi connectivity index (χ1v) is 9.44. The van der Waals surface area contributed by atoms with Crippen molar-refractivity contribution in [3.05, 3.63) is 58.9 Å². The fourth-order valence-corrected chi connectivity index (χ4v) is 3.74. The molecule has 5 heteroatoms. The molecule has 3 rings (SSSR count). The lowest BCUT2D eigenvalue weighted by molar-refractivity contribution is -0.128. The highest BCUT2D eigenvalue weighted by Gasteiger charge is 2.46. The molecule has 1 fully saturated rings. The largest absolute Gasteiger partial charge is 0.493 e. The van der Waals surface area contributed by atoms with E-state index in [-0.39, 0.29) is 11.8 Å². The monoisotopic (exact) mass is 368 g/mol. The van der Waals surface area contributed by atoms with Gasteiger partial charge in [0.1, 0.15) is 12.0 Å². The van der Waals surface area contributed by atoms with E-state index < -0.39 is 11.6 Å². The minimum absolute atomic E-state index is 0.0303. The van der Waals surface area contributed by atoms with Crippen LogP contribution in [-0.2, 0) is 11.2 Å². The van der Waals surface area contributed by atoms with Crippen LogP contribution in [0.2, 0.25) is 0 Å². The zero-order valence-electron chi connectivity index (χ0n) is 16.5. The molecule has 5 nitrogen and oxygen atoms in total. The minimum Gasteiger partial charge on any atom is -0.493 e. The predicted octanol–water partition coefficient (Wildman–Crippen LogP) is 3.27. The van der Waals surface area contributed by atoms with Gasteiger partial charge in [-0.15, -0.1) is 0 Å². The molecule has 27 heavy (non-hydrogen) atoms. The second-order valence-electron chi connectivity index (χ2n) is 7.76. The molecule has 1 aliphatic rings. The highest BCUT2D eigenvalue weighted by Crippen LogP contribution is 2.42. The summed E-state index contributed by atoms with van der Waals surface area (Å²) in [7, 11) is 0. The summed E-state index contributed by atoms with van der Waals surface area (Å²) in [5.74, 6) is 0.801. The molecule has 0 saturated carbocycles. The number of nitrogens with zero attached hydrogens (tertiary/aromatic N) is 1. The van der Waals surface area contributed by atoms with Crippen LogP contribution in [-0.4, -0.2) is 28.8 Å². The van der Waals surface area contributed by atoms with Crippen LogP contribution in [0.15, 0.2) is 36.4 Å². The van der Waals surface area contributed by atoms with Crippen molar-refractivity contribution in [2.75, 3.05) is 6.61 Å². The van der Waals surface area contributed by atoms with E-state index in [0.29, 0.717) is 13.0 Å². The Morgan fingerprint density at radius 3 is 2.44 bits per heavy atom. The van der Waals surface area contributed by atoms with E-state index in [0.717, 1.165) is 29.1 Å². The van der Waals surface area contributed by atoms with Crippen molar-refractivity contribution in [3.8, 4) is 5.75 Å². The first-order valence-electron chi connectivity index (χ1n) is 9.44. The quantitative estimate of drug-likeness (QED) is 0.821. The molecule has 1 saturated heterocycles. The Morgan fingerprint density at radius 2 is 1.89 bits per heavy atom. The third kappa shape index (κ3) is 4.30. The number of carbonyl (C=O) groups is 1. The molecule has 3 atom stereocenters. The second kappa shape index (κ2) is 7.69. The van der Waals surface area contributed by atoms with Crippen LogP contribution in [0.1, 0.15) is 48.7 Å². The van der Waals surface area contributed by atoms with E-state index in [9.17, 15) is 9.90 Å². The van der Waals surface area contributed by atoms with Gasteiger partial charge in [-0.05, 0) is 30.9 Å². The van der Waals surface area contributed by atoms with E-state index in [1.807, 2.05) is 39.8 Å². The van der Waals surface area contributed by atoms with Gasteiger partial charge >= 0.3 is 0 Å². The molecule has 2 N–H and O–H groups in total. The number of amides is 1. The Hall–Kier alpha value is -2.40. The van der Waals surface area contributed by atoms with E-state index in [1.54, 1.807) is 0 Å². The number of rotatable bonds is 6. The lowest BCUT2D eigenvalue weighted by atomic mass is 9.73. The fraction of sp³-hybridized carbons (Fsp3) is 0.455. The van der Waals surface area contributed by atoms with Crippen molar-refractivity contribution in [1.29, 1.82) is 0 Å². The Labute approximate surface area is 160 Å². The molecule has 2 heterocycles. The van der Waals surface area contributed by atoms with Crippen molar-refractivity contribution in [2.24, 2.45) is 5.41 Å². The number of ether oxygens (including phenoxy) is 1. The van der Waals surface area contributed by atoms with Gasteiger partial charge in [-0.1, -0.05) is 38.1 Å². The van der Waals surface area contributed by atoms with Crippen LogP contribution >= 0.6 is 0 Å². The van der Waals surface area contributed by atoms with Gasteiger partial charge in [-0.3, -0.25) is 9.78 Å². The molecular formula is C22H28N2O3. The van der Waals surface area contributed by atoms with E-state index >= 15 is 0 Å². The number of nitrogens with one attached hydrogen (secondary N) is 1. The highest BCUT2D eigenvalue weighted by molar-refractivity contribution is 5.85. The molecule has 1 amide bonds. The molecule has 0 radical (unpaired) electrons. The average molecular weight is 368 g/mol.